The molecule has 0 bridgehead atoms. The van der Waals surface area contributed by atoms with Gasteiger partial charge >= 0.3 is 0 Å². The van der Waals surface area contributed by atoms with Crippen molar-refractivity contribution >= 4 is 18.5 Å². The Bertz CT molecular complexity index is 1170. The summed E-state index contributed by atoms with van der Waals surface area (Å²) in [5.41, 5.74) is 5.45. The highest BCUT2D eigenvalue weighted by molar-refractivity contribution is 7.80. The van der Waals surface area contributed by atoms with Gasteiger partial charge in [0.1, 0.15) is 0 Å². The summed E-state index contributed by atoms with van der Waals surface area (Å²) in [6, 6.07) is 26.5. The predicted molar refractivity (Wildman–Crippen MR) is 137 cm³/mol. The SMILES string of the molecule is O=C(NCCNCc1ccc(-c2ccccc2-c2nnn[nH]2)cc1)[C@H](CS)Cc1ccccc1. The number of carbonyl (C=O) groups excluding carboxylic acids is 1. The van der Waals surface area contributed by atoms with Crippen molar-refractivity contribution in [1.82, 2.24) is 31.3 Å². The highest BCUT2D eigenvalue weighted by Gasteiger charge is 2.16. The molecule has 174 valence electrons. The zero-order chi connectivity index (χ0) is 23.6. The minimum absolute atomic E-state index is 0.0469. The van der Waals surface area contributed by atoms with E-state index in [1.54, 1.807) is 0 Å². The number of benzene rings is 3. The van der Waals surface area contributed by atoms with Gasteiger partial charge in [-0.05, 0) is 39.1 Å². The zero-order valence-corrected chi connectivity index (χ0v) is 19.7. The highest BCUT2D eigenvalue weighted by Crippen LogP contribution is 2.29. The molecule has 0 aliphatic rings. The van der Waals surface area contributed by atoms with E-state index in [2.05, 4.69) is 74.2 Å². The van der Waals surface area contributed by atoms with E-state index in [1.807, 2.05) is 48.5 Å². The van der Waals surface area contributed by atoms with Crippen molar-refractivity contribution in [2.75, 3.05) is 18.8 Å². The minimum atomic E-state index is -0.131. The summed E-state index contributed by atoms with van der Waals surface area (Å²) < 4.78 is 0. The second-order valence-electron chi connectivity index (χ2n) is 8.03. The number of nitrogens with zero attached hydrogens (tertiary/aromatic N) is 3. The molecule has 34 heavy (non-hydrogen) atoms. The molecule has 3 aromatic carbocycles. The smallest absolute Gasteiger partial charge is 0.224 e. The molecular formula is C26H28N6OS. The second kappa shape index (κ2) is 12.1. The van der Waals surface area contributed by atoms with Gasteiger partial charge in [0.05, 0.1) is 5.92 Å². The van der Waals surface area contributed by atoms with E-state index in [4.69, 9.17) is 0 Å². The molecule has 1 aromatic heterocycles. The first kappa shape index (κ1) is 23.7. The maximum absolute atomic E-state index is 12.5. The Morgan fingerprint density at radius 3 is 2.32 bits per heavy atom. The fourth-order valence-corrected chi connectivity index (χ4v) is 4.10. The highest BCUT2D eigenvalue weighted by atomic mass is 32.1. The number of H-pyrrole nitrogens is 1. The van der Waals surface area contributed by atoms with E-state index in [0.29, 0.717) is 31.1 Å². The summed E-state index contributed by atoms with van der Waals surface area (Å²) in [6.45, 7) is 2.00. The summed E-state index contributed by atoms with van der Waals surface area (Å²) in [7, 11) is 0. The van der Waals surface area contributed by atoms with Gasteiger partial charge in [-0.1, -0.05) is 78.9 Å². The van der Waals surface area contributed by atoms with Crippen LogP contribution >= 0.6 is 12.6 Å². The first-order valence-electron chi connectivity index (χ1n) is 11.3. The first-order valence-corrected chi connectivity index (χ1v) is 11.9. The van der Waals surface area contributed by atoms with E-state index in [9.17, 15) is 4.79 Å². The predicted octanol–water partition coefficient (Wildman–Crippen LogP) is 3.53. The molecule has 0 fully saturated rings. The number of aromatic nitrogens is 4. The van der Waals surface area contributed by atoms with Crippen LogP contribution in [-0.2, 0) is 17.8 Å². The van der Waals surface area contributed by atoms with Gasteiger partial charge in [-0.3, -0.25) is 4.79 Å². The molecule has 4 rings (SSSR count). The minimum Gasteiger partial charge on any atom is -0.355 e. The van der Waals surface area contributed by atoms with E-state index < -0.39 is 0 Å². The molecule has 1 heterocycles. The van der Waals surface area contributed by atoms with Crippen LogP contribution in [0.15, 0.2) is 78.9 Å². The van der Waals surface area contributed by atoms with Crippen molar-refractivity contribution in [3.05, 3.63) is 90.0 Å². The van der Waals surface area contributed by atoms with Crippen molar-refractivity contribution in [3.63, 3.8) is 0 Å². The lowest BCUT2D eigenvalue weighted by Gasteiger charge is -2.15. The summed E-state index contributed by atoms with van der Waals surface area (Å²) in [6.07, 6.45) is 0.700. The monoisotopic (exact) mass is 472 g/mol. The number of nitrogens with one attached hydrogen (secondary N) is 3. The molecule has 1 amide bonds. The van der Waals surface area contributed by atoms with Crippen LogP contribution < -0.4 is 10.6 Å². The Morgan fingerprint density at radius 2 is 1.62 bits per heavy atom. The summed E-state index contributed by atoms with van der Waals surface area (Å²) >= 11 is 4.37. The van der Waals surface area contributed by atoms with E-state index in [0.717, 1.165) is 28.8 Å². The second-order valence-corrected chi connectivity index (χ2v) is 8.39. The van der Waals surface area contributed by atoms with Gasteiger partial charge in [0.25, 0.3) is 0 Å². The molecule has 4 aromatic rings. The van der Waals surface area contributed by atoms with E-state index >= 15 is 0 Å². The fourth-order valence-electron chi connectivity index (χ4n) is 3.81. The van der Waals surface area contributed by atoms with Gasteiger partial charge < -0.3 is 10.6 Å². The fraction of sp³-hybridized carbons (Fsp3) is 0.231. The van der Waals surface area contributed by atoms with Crippen molar-refractivity contribution in [2.24, 2.45) is 5.92 Å². The lowest BCUT2D eigenvalue weighted by atomic mass is 9.98. The topological polar surface area (TPSA) is 95.6 Å². The zero-order valence-electron chi connectivity index (χ0n) is 18.8. The molecule has 8 heteroatoms. The maximum atomic E-state index is 12.5. The third-order valence-electron chi connectivity index (χ3n) is 5.64. The Morgan fingerprint density at radius 1 is 0.882 bits per heavy atom. The van der Waals surface area contributed by atoms with Crippen molar-refractivity contribution in [3.8, 4) is 22.5 Å². The van der Waals surface area contributed by atoms with Gasteiger partial charge in [-0.25, -0.2) is 5.10 Å². The average Bonchev–Trinajstić information content (AvgIpc) is 3.43. The number of rotatable bonds is 11. The van der Waals surface area contributed by atoms with Crippen LogP contribution in [0.25, 0.3) is 22.5 Å². The van der Waals surface area contributed by atoms with Crippen molar-refractivity contribution < 1.29 is 4.79 Å². The number of thiol groups is 1. The van der Waals surface area contributed by atoms with Crippen molar-refractivity contribution in [2.45, 2.75) is 13.0 Å². The third-order valence-corrected chi connectivity index (χ3v) is 6.08. The number of hydrogen-bond acceptors (Lipinski definition) is 6. The van der Waals surface area contributed by atoms with Gasteiger partial charge in [-0.15, -0.1) is 5.10 Å². The Kier molecular flexibility index (Phi) is 8.43. The van der Waals surface area contributed by atoms with E-state index in [-0.39, 0.29) is 11.8 Å². The van der Waals surface area contributed by atoms with Gasteiger partial charge in [-0.2, -0.15) is 12.6 Å². The largest absolute Gasteiger partial charge is 0.355 e. The van der Waals surface area contributed by atoms with Crippen LogP contribution in [0.4, 0.5) is 0 Å². The number of tetrazole rings is 1. The van der Waals surface area contributed by atoms with Crippen LogP contribution in [0.5, 0.6) is 0 Å². The van der Waals surface area contributed by atoms with Gasteiger partial charge in [0, 0.05) is 31.0 Å². The molecule has 1 atom stereocenters. The Labute approximate surface area is 204 Å². The van der Waals surface area contributed by atoms with Gasteiger partial charge in [0.15, 0.2) is 5.82 Å². The van der Waals surface area contributed by atoms with E-state index in [1.165, 1.54) is 5.56 Å². The third kappa shape index (κ3) is 6.30. The molecule has 3 N–H and O–H groups in total. The molecule has 0 radical (unpaired) electrons. The number of aromatic amines is 1. The molecule has 0 saturated heterocycles. The molecule has 0 aliphatic carbocycles. The van der Waals surface area contributed by atoms with Crippen LogP contribution in [0.3, 0.4) is 0 Å². The molecular weight excluding hydrogens is 444 g/mol. The lowest BCUT2D eigenvalue weighted by Crippen LogP contribution is -2.37. The molecule has 7 nitrogen and oxygen atoms in total. The quantitative estimate of drug-likeness (QED) is 0.198. The van der Waals surface area contributed by atoms with Gasteiger partial charge in [0.2, 0.25) is 5.91 Å². The number of amides is 1. The van der Waals surface area contributed by atoms with Crippen molar-refractivity contribution in [1.29, 1.82) is 0 Å². The number of hydrogen-bond donors (Lipinski definition) is 4. The standard InChI is InChI=1S/C26H28N6OS/c33-26(22(18-34)16-19-6-2-1-3-7-19)28-15-14-27-17-20-10-12-21(13-11-20)23-8-4-5-9-24(23)25-29-31-32-30-25/h1-13,22,27,34H,14-18H2,(H,28,33)(H,29,30,31,32)/t22-/m0/s1. The molecule has 0 saturated carbocycles. The summed E-state index contributed by atoms with van der Waals surface area (Å²) in [5.74, 6) is 1.09. The normalized spacial score (nSPS) is 11.8. The van der Waals surface area contributed by atoms with Crippen LogP contribution in [0.2, 0.25) is 0 Å². The lowest BCUT2D eigenvalue weighted by molar-refractivity contribution is -0.124. The molecule has 0 unspecified atom stereocenters. The summed E-state index contributed by atoms with van der Waals surface area (Å²) in [4.78, 5) is 12.5. The van der Waals surface area contributed by atoms with Crippen LogP contribution in [0, 0.1) is 5.92 Å². The Hall–Kier alpha value is -3.49. The number of carbonyl (C=O) groups is 1. The van der Waals surface area contributed by atoms with Crippen LogP contribution in [0.1, 0.15) is 11.1 Å². The summed E-state index contributed by atoms with van der Waals surface area (Å²) in [5, 5.41) is 20.6. The maximum Gasteiger partial charge on any atom is 0.224 e. The van der Waals surface area contributed by atoms with Crippen LogP contribution in [-0.4, -0.2) is 45.4 Å². The molecule has 0 spiro atoms. The Balaban J connectivity index is 1.24. The first-order chi connectivity index (χ1) is 16.7. The average molecular weight is 473 g/mol. The molecule has 0 aliphatic heterocycles.